The van der Waals surface area contributed by atoms with Crippen LogP contribution in [0.2, 0.25) is 0 Å². The Morgan fingerprint density at radius 1 is 1.12 bits per heavy atom. The van der Waals surface area contributed by atoms with Crippen molar-refractivity contribution in [1.29, 1.82) is 0 Å². The summed E-state index contributed by atoms with van der Waals surface area (Å²) in [7, 11) is 0. The zero-order valence-corrected chi connectivity index (χ0v) is 11.3. The number of aromatic nitrogens is 1. The van der Waals surface area contributed by atoms with E-state index < -0.39 is 0 Å². The standard InChI is InChI=1S/C14H18N2S/c1-10-4-6-13(7-5-10)11(2)16-12(3)14-8-17-9-15-14/h4-9,11-12,16H,1-3H3. The zero-order chi connectivity index (χ0) is 12.3. The van der Waals surface area contributed by atoms with Crippen LogP contribution in [0.3, 0.4) is 0 Å². The third kappa shape index (κ3) is 3.14. The zero-order valence-electron chi connectivity index (χ0n) is 10.5. The van der Waals surface area contributed by atoms with Crippen molar-refractivity contribution in [1.82, 2.24) is 10.3 Å². The van der Waals surface area contributed by atoms with Crippen molar-refractivity contribution < 1.29 is 0 Å². The third-order valence-electron chi connectivity index (χ3n) is 2.97. The van der Waals surface area contributed by atoms with Gasteiger partial charge in [-0.3, -0.25) is 0 Å². The fourth-order valence-corrected chi connectivity index (χ4v) is 2.50. The van der Waals surface area contributed by atoms with Gasteiger partial charge in [-0.25, -0.2) is 4.98 Å². The summed E-state index contributed by atoms with van der Waals surface area (Å²) in [5.41, 5.74) is 5.62. The average Bonchev–Trinajstić information content (AvgIpc) is 2.83. The van der Waals surface area contributed by atoms with E-state index in [2.05, 4.69) is 60.7 Å². The monoisotopic (exact) mass is 246 g/mol. The molecule has 17 heavy (non-hydrogen) atoms. The number of aryl methyl sites for hydroxylation is 1. The molecule has 0 saturated carbocycles. The summed E-state index contributed by atoms with van der Waals surface area (Å²) >= 11 is 1.64. The molecule has 1 N–H and O–H groups in total. The van der Waals surface area contributed by atoms with E-state index in [1.807, 2.05) is 5.51 Å². The molecule has 2 atom stereocenters. The van der Waals surface area contributed by atoms with Gasteiger partial charge >= 0.3 is 0 Å². The highest BCUT2D eigenvalue weighted by Crippen LogP contribution is 2.19. The molecular formula is C14H18N2S. The van der Waals surface area contributed by atoms with Gasteiger partial charge in [-0.15, -0.1) is 11.3 Å². The lowest BCUT2D eigenvalue weighted by Crippen LogP contribution is -2.22. The molecular weight excluding hydrogens is 228 g/mol. The normalized spacial score (nSPS) is 14.5. The lowest BCUT2D eigenvalue weighted by Gasteiger charge is -2.19. The van der Waals surface area contributed by atoms with Gasteiger partial charge in [0.15, 0.2) is 0 Å². The molecule has 2 aromatic rings. The van der Waals surface area contributed by atoms with Crippen LogP contribution in [0.5, 0.6) is 0 Å². The van der Waals surface area contributed by atoms with Crippen LogP contribution in [0.1, 0.15) is 42.8 Å². The van der Waals surface area contributed by atoms with E-state index in [0.717, 1.165) is 5.69 Å². The minimum absolute atomic E-state index is 0.289. The van der Waals surface area contributed by atoms with Gasteiger partial charge in [0, 0.05) is 17.5 Å². The summed E-state index contributed by atoms with van der Waals surface area (Å²) in [4.78, 5) is 4.33. The molecule has 0 aliphatic rings. The topological polar surface area (TPSA) is 24.9 Å². The molecule has 0 amide bonds. The summed E-state index contributed by atoms with van der Waals surface area (Å²) in [6, 6.07) is 9.30. The molecule has 0 fully saturated rings. The van der Waals surface area contributed by atoms with Crippen molar-refractivity contribution in [2.75, 3.05) is 0 Å². The summed E-state index contributed by atoms with van der Waals surface area (Å²) < 4.78 is 0. The molecule has 0 bridgehead atoms. The quantitative estimate of drug-likeness (QED) is 0.886. The molecule has 0 saturated heterocycles. The Hall–Kier alpha value is -1.19. The molecule has 2 rings (SSSR count). The van der Waals surface area contributed by atoms with Crippen molar-refractivity contribution in [3.63, 3.8) is 0 Å². The maximum Gasteiger partial charge on any atom is 0.0795 e. The van der Waals surface area contributed by atoms with Crippen LogP contribution in [0.25, 0.3) is 0 Å². The number of rotatable bonds is 4. The lowest BCUT2D eigenvalue weighted by molar-refractivity contribution is 0.488. The van der Waals surface area contributed by atoms with Gasteiger partial charge in [0.05, 0.1) is 11.2 Å². The molecule has 1 aromatic heterocycles. The summed E-state index contributed by atoms with van der Waals surface area (Å²) in [6.07, 6.45) is 0. The first kappa shape index (κ1) is 12.3. The Morgan fingerprint density at radius 3 is 2.41 bits per heavy atom. The van der Waals surface area contributed by atoms with Gasteiger partial charge < -0.3 is 5.32 Å². The van der Waals surface area contributed by atoms with E-state index in [9.17, 15) is 0 Å². The third-order valence-corrected chi connectivity index (χ3v) is 3.58. The molecule has 0 spiro atoms. The van der Waals surface area contributed by atoms with E-state index in [0.29, 0.717) is 6.04 Å². The maximum absolute atomic E-state index is 4.33. The first-order valence-corrected chi connectivity index (χ1v) is 6.82. The number of nitrogens with zero attached hydrogens (tertiary/aromatic N) is 1. The van der Waals surface area contributed by atoms with Crippen LogP contribution >= 0.6 is 11.3 Å². The first-order chi connectivity index (χ1) is 8.16. The number of hydrogen-bond donors (Lipinski definition) is 1. The van der Waals surface area contributed by atoms with Crippen LogP contribution in [0.4, 0.5) is 0 Å². The molecule has 0 aliphatic heterocycles. The second-order valence-electron chi connectivity index (χ2n) is 4.43. The van der Waals surface area contributed by atoms with Crippen LogP contribution in [0.15, 0.2) is 35.2 Å². The largest absolute Gasteiger partial charge is 0.302 e. The molecule has 90 valence electrons. The smallest absolute Gasteiger partial charge is 0.0795 e. The van der Waals surface area contributed by atoms with Crippen LogP contribution in [-0.2, 0) is 0 Å². The van der Waals surface area contributed by atoms with Gasteiger partial charge in [0.2, 0.25) is 0 Å². The van der Waals surface area contributed by atoms with Crippen molar-refractivity contribution >= 4 is 11.3 Å². The first-order valence-electron chi connectivity index (χ1n) is 5.87. The highest BCUT2D eigenvalue weighted by molar-refractivity contribution is 7.07. The number of nitrogens with one attached hydrogen (secondary N) is 1. The Bertz CT molecular complexity index is 448. The highest BCUT2D eigenvalue weighted by atomic mass is 32.1. The predicted molar refractivity (Wildman–Crippen MR) is 73.3 cm³/mol. The van der Waals surface area contributed by atoms with Gasteiger partial charge in [-0.1, -0.05) is 29.8 Å². The summed E-state index contributed by atoms with van der Waals surface area (Å²) in [5.74, 6) is 0. The SMILES string of the molecule is Cc1ccc(C(C)NC(C)c2cscn2)cc1. The minimum atomic E-state index is 0.289. The molecule has 0 aliphatic carbocycles. The lowest BCUT2D eigenvalue weighted by atomic mass is 10.1. The highest BCUT2D eigenvalue weighted by Gasteiger charge is 2.12. The van der Waals surface area contributed by atoms with E-state index >= 15 is 0 Å². The summed E-state index contributed by atoms with van der Waals surface area (Å²) in [6.45, 7) is 6.45. The Kier molecular flexibility index (Phi) is 3.92. The van der Waals surface area contributed by atoms with Crippen LogP contribution in [-0.4, -0.2) is 4.98 Å². The number of hydrogen-bond acceptors (Lipinski definition) is 3. The second kappa shape index (κ2) is 5.43. The fraction of sp³-hybridized carbons (Fsp3) is 0.357. The molecule has 1 aromatic carbocycles. The van der Waals surface area contributed by atoms with Crippen LogP contribution in [0, 0.1) is 6.92 Å². The Morgan fingerprint density at radius 2 is 1.82 bits per heavy atom. The summed E-state index contributed by atoms with van der Waals surface area (Å²) in [5, 5.41) is 5.66. The number of benzene rings is 1. The molecule has 3 heteroatoms. The Labute approximate surface area is 107 Å². The number of thiazole rings is 1. The van der Waals surface area contributed by atoms with Crippen LogP contribution < -0.4 is 5.32 Å². The molecule has 2 unspecified atom stereocenters. The van der Waals surface area contributed by atoms with E-state index in [1.54, 1.807) is 11.3 Å². The molecule has 0 radical (unpaired) electrons. The van der Waals surface area contributed by atoms with Gasteiger partial charge in [-0.2, -0.15) is 0 Å². The van der Waals surface area contributed by atoms with Gasteiger partial charge in [0.25, 0.3) is 0 Å². The average molecular weight is 246 g/mol. The molecule has 1 heterocycles. The van der Waals surface area contributed by atoms with Gasteiger partial charge in [-0.05, 0) is 26.3 Å². The van der Waals surface area contributed by atoms with E-state index in [-0.39, 0.29) is 6.04 Å². The van der Waals surface area contributed by atoms with Crippen molar-refractivity contribution in [3.05, 3.63) is 52.0 Å². The minimum Gasteiger partial charge on any atom is -0.302 e. The van der Waals surface area contributed by atoms with E-state index in [4.69, 9.17) is 0 Å². The fourth-order valence-electron chi connectivity index (χ4n) is 1.85. The van der Waals surface area contributed by atoms with Crippen molar-refractivity contribution in [2.24, 2.45) is 0 Å². The Balaban J connectivity index is 2.01. The second-order valence-corrected chi connectivity index (χ2v) is 5.15. The predicted octanol–water partition coefficient (Wildman–Crippen LogP) is 3.86. The van der Waals surface area contributed by atoms with Crippen molar-refractivity contribution in [3.8, 4) is 0 Å². The van der Waals surface area contributed by atoms with E-state index in [1.165, 1.54) is 11.1 Å². The maximum atomic E-state index is 4.33. The molecule has 2 nitrogen and oxygen atoms in total. The van der Waals surface area contributed by atoms with Crippen molar-refractivity contribution in [2.45, 2.75) is 32.9 Å². The van der Waals surface area contributed by atoms with Gasteiger partial charge in [0.1, 0.15) is 0 Å².